The van der Waals surface area contributed by atoms with Crippen LogP contribution in [0.3, 0.4) is 0 Å². The molecular weight excluding hydrogens is 366 g/mol. The molecule has 1 amide bonds. The Labute approximate surface area is 164 Å². The van der Waals surface area contributed by atoms with Crippen LogP contribution in [0.4, 0.5) is 5.00 Å². The Morgan fingerprint density at radius 1 is 1.26 bits per heavy atom. The van der Waals surface area contributed by atoms with Gasteiger partial charge in [-0.15, -0.1) is 11.3 Å². The number of carbonyl (C=O) groups excluding carboxylic acids is 3. The number of hydrogen-bond donors (Lipinski definition) is 1. The minimum absolute atomic E-state index is 0.222. The molecule has 0 saturated carbocycles. The van der Waals surface area contributed by atoms with Crippen LogP contribution in [0.1, 0.15) is 67.8 Å². The molecule has 1 aliphatic rings. The molecule has 0 radical (unpaired) electrons. The van der Waals surface area contributed by atoms with E-state index >= 15 is 0 Å². The number of fused-ring (bicyclic) bond motifs is 1. The molecule has 0 bridgehead atoms. The van der Waals surface area contributed by atoms with E-state index in [1.54, 1.807) is 6.92 Å². The molecule has 0 spiro atoms. The number of rotatable bonds is 7. The Morgan fingerprint density at radius 2 is 1.96 bits per heavy atom. The van der Waals surface area contributed by atoms with E-state index in [4.69, 9.17) is 4.74 Å². The van der Waals surface area contributed by atoms with E-state index in [-0.39, 0.29) is 18.4 Å². The number of anilines is 1. The highest BCUT2D eigenvalue weighted by atomic mass is 32.1. The molecule has 0 aliphatic heterocycles. The van der Waals surface area contributed by atoms with Crippen LogP contribution in [-0.2, 0) is 31.9 Å². The van der Waals surface area contributed by atoms with E-state index in [1.165, 1.54) is 18.4 Å². The minimum Gasteiger partial charge on any atom is -0.469 e. The first-order chi connectivity index (χ1) is 12.7. The molecule has 0 saturated heterocycles. The van der Waals surface area contributed by atoms with Gasteiger partial charge < -0.3 is 14.8 Å². The summed E-state index contributed by atoms with van der Waals surface area (Å²) in [5.41, 5.74) is 1.65. The summed E-state index contributed by atoms with van der Waals surface area (Å²) < 4.78 is 9.75. The number of esters is 2. The molecule has 1 atom stereocenters. The molecule has 0 aromatic carbocycles. The zero-order valence-corrected chi connectivity index (χ0v) is 17.6. The van der Waals surface area contributed by atoms with Gasteiger partial charge in [0.1, 0.15) is 11.4 Å². The van der Waals surface area contributed by atoms with E-state index in [0.29, 0.717) is 16.5 Å². The van der Waals surface area contributed by atoms with Gasteiger partial charge in [0.2, 0.25) is 5.91 Å². The summed E-state index contributed by atoms with van der Waals surface area (Å²) in [6.45, 7) is 8.78. The van der Waals surface area contributed by atoms with E-state index in [2.05, 4.69) is 30.8 Å². The van der Waals surface area contributed by atoms with Crippen molar-refractivity contribution in [3.8, 4) is 0 Å². The Bertz CT molecular complexity index is 722. The zero-order valence-electron chi connectivity index (χ0n) is 16.8. The van der Waals surface area contributed by atoms with Crippen molar-refractivity contribution < 1.29 is 23.9 Å². The van der Waals surface area contributed by atoms with Crippen LogP contribution in [-0.4, -0.2) is 31.6 Å². The number of ether oxygens (including phenoxy) is 2. The Morgan fingerprint density at radius 3 is 2.56 bits per heavy atom. The molecule has 0 fully saturated rings. The second-order valence-corrected chi connectivity index (χ2v) is 8.62. The fourth-order valence-electron chi connectivity index (χ4n) is 3.42. The predicted molar refractivity (Wildman–Crippen MR) is 105 cm³/mol. The standard InChI is InChI=1S/C20H29NO5S/c1-6-20(3,4)12-8-9-13-14(10-12)27-18(17(13)19(24)26-7-2)21-15(22)11-16(23)25-5/h12H,6-11H2,1-5H3,(H,21,22). The van der Waals surface area contributed by atoms with Crippen LogP contribution >= 0.6 is 11.3 Å². The summed E-state index contributed by atoms with van der Waals surface area (Å²) >= 11 is 1.42. The first-order valence-electron chi connectivity index (χ1n) is 9.41. The maximum absolute atomic E-state index is 12.5. The third-order valence-corrected chi connectivity index (χ3v) is 6.72. The average Bonchev–Trinajstić information content (AvgIpc) is 2.98. The summed E-state index contributed by atoms with van der Waals surface area (Å²) in [5, 5.41) is 3.19. The number of carbonyl (C=O) groups is 3. The first-order valence-corrected chi connectivity index (χ1v) is 10.2. The maximum Gasteiger partial charge on any atom is 0.341 e. The average molecular weight is 396 g/mol. The van der Waals surface area contributed by atoms with Gasteiger partial charge in [-0.3, -0.25) is 9.59 Å². The molecule has 1 heterocycles. The SMILES string of the molecule is CCOC(=O)c1c(NC(=O)CC(=O)OC)sc2c1CCC(C(C)(C)CC)C2. The largest absolute Gasteiger partial charge is 0.469 e. The van der Waals surface area contributed by atoms with Crippen LogP contribution in [0.15, 0.2) is 0 Å². The summed E-state index contributed by atoms with van der Waals surface area (Å²) in [7, 11) is 1.24. The van der Waals surface area contributed by atoms with Crippen molar-refractivity contribution in [1.82, 2.24) is 0 Å². The van der Waals surface area contributed by atoms with E-state index in [0.717, 1.165) is 36.1 Å². The molecule has 1 N–H and O–H groups in total. The molecule has 1 aromatic heterocycles. The second kappa shape index (κ2) is 8.87. The smallest absolute Gasteiger partial charge is 0.341 e. The van der Waals surface area contributed by atoms with Crippen molar-refractivity contribution >= 4 is 34.2 Å². The van der Waals surface area contributed by atoms with Gasteiger partial charge in [0, 0.05) is 4.88 Å². The van der Waals surface area contributed by atoms with Crippen LogP contribution < -0.4 is 5.32 Å². The molecule has 1 aliphatic carbocycles. The highest BCUT2D eigenvalue weighted by Crippen LogP contribution is 2.45. The van der Waals surface area contributed by atoms with Crippen molar-refractivity contribution in [1.29, 1.82) is 0 Å². The molecule has 2 rings (SSSR count). The van der Waals surface area contributed by atoms with Gasteiger partial charge in [-0.25, -0.2) is 4.79 Å². The van der Waals surface area contributed by atoms with Gasteiger partial charge in [0.05, 0.1) is 19.3 Å². The fourth-order valence-corrected chi connectivity index (χ4v) is 4.75. The molecule has 1 unspecified atom stereocenters. The number of thiophene rings is 1. The van der Waals surface area contributed by atoms with Crippen LogP contribution in [0.2, 0.25) is 0 Å². The topological polar surface area (TPSA) is 81.7 Å². The van der Waals surface area contributed by atoms with Crippen LogP contribution in [0.25, 0.3) is 0 Å². The van der Waals surface area contributed by atoms with Crippen LogP contribution in [0, 0.1) is 11.3 Å². The van der Waals surface area contributed by atoms with Crippen molar-refractivity contribution in [3.63, 3.8) is 0 Å². The predicted octanol–water partition coefficient (Wildman–Crippen LogP) is 3.97. The molecule has 1 aromatic rings. The Hall–Kier alpha value is -1.89. The Kier molecular flexibility index (Phi) is 7.03. The molecule has 6 nitrogen and oxygen atoms in total. The fraction of sp³-hybridized carbons (Fsp3) is 0.650. The lowest BCUT2D eigenvalue weighted by molar-refractivity contribution is -0.142. The summed E-state index contributed by atoms with van der Waals surface area (Å²) in [6.07, 6.45) is 3.40. The number of methoxy groups -OCH3 is 1. The van der Waals surface area contributed by atoms with Crippen molar-refractivity contribution in [3.05, 3.63) is 16.0 Å². The van der Waals surface area contributed by atoms with Gasteiger partial charge >= 0.3 is 11.9 Å². The van der Waals surface area contributed by atoms with Gasteiger partial charge in [0.25, 0.3) is 0 Å². The van der Waals surface area contributed by atoms with E-state index < -0.39 is 17.8 Å². The summed E-state index contributed by atoms with van der Waals surface area (Å²) in [5.74, 6) is -0.994. The second-order valence-electron chi connectivity index (χ2n) is 7.51. The third-order valence-electron chi connectivity index (χ3n) is 5.55. The van der Waals surface area contributed by atoms with Crippen LogP contribution in [0.5, 0.6) is 0 Å². The van der Waals surface area contributed by atoms with Crippen molar-refractivity contribution in [2.45, 2.75) is 59.8 Å². The Balaban J connectivity index is 2.33. The third kappa shape index (κ3) is 4.89. The first kappa shape index (κ1) is 21.4. The van der Waals surface area contributed by atoms with Crippen molar-refractivity contribution in [2.24, 2.45) is 11.3 Å². The van der Waals surface area contributed by atoms with Gasteiger partial charge in [-0.1, -0.05) is 27.2 Å². The van der Waals surface area contributed by atoms with Gasteiger partial charge in [0.15, 0.2) is 0 Å². The molecule has 7 heteroatoms. The number of amides is 1. The quantitative estimate of drug-likeness (QED) is 0.558. The van der Waals surface area contributed by atoms with E-state index in [1.807, 2.05) is 0 Å². The lowest BCUT2D eigenvalue weighted by Crippen LogP contribution is -2.28. The monoisotopic (exact) mass is 395 g/mol. The number of nitrogens with one attached hydrogen (secondary N) is 1. The number of hydrogen-bond acceptors (Lipinski definition) is 6. The highest BCUT2D eigenvalue weighted by molar-refractivity contribution is 7.17. The normalized spacial score (nSPS) is 16.4. The zero-order chi connectivity index (χ0) is 20.2. The minimum atomic E-state index is -0.615. The molecule has 27 heavy (non-hydrogen) atoms. The van der Waals surface area contributed by atoms with E-state index in [9.17, 15) is 14.4 Å². The van der Waals surface area contributed by atoms with Gasteiger partial charge in [-0.2, -0.15) is 0 Å². The summed E-state index contributed by atoms with van der Waals surface area (Å²) in [4.78, 5) is 37.1. The maximum atomic E-state index is 12.5. The lowest BCUT2D eigenvalue weighted by Gasteiger charge is -2.36. The summed E-state index contributed by atoms with van der Waals surface area (Å²) in [6, 6.07) is 0. The van der Waals surface area contributed by atoms with Crippen molar-refractivity contribution in [2.75, 3.05) is 19.0 Å². The molecule has 150 valence electrons. The highest BCUT2D eigenvalue weighted by Gasteiger charge is 2.35. The molecular formula is C20H29NO5S. The van der Waals surface area contributed by atoms with Gasteiger partial charge in [-0.05, 0) is 43.1 Å². The lowest BCUT2D eigenvalue weighted by atomic mass is 9.69.